The fourth-order valence-electron chi connectivity index (χ4n) is 1.42. The molecule has 0 saturated heterocycles. The second kappa shape index (κ2) is 7.54. The molecule has 2 aromatic heterocycles. The summed E-state index contributed by atoms with van der Waals surface area (Å²) in [5, 5.41) is 0. The van der Waals surface area contributed by atoms with Crippen LogP contribution >= 0.6 is 0 Å². The Balaban J connectivity index is 0.000000492. The number of hydrogen-bond acceptors (Lipinski definition) is 2. The van der Waals surface area contributed by atoms with Crippen molar-refractivity contribution in [2.24, 2.45) is 0 Å². The van der Waals surface area contributed by atoms with Gasteiger partial charge in [0.25, 0.3) is 0 Å². The Morgan fingerprint density at radius 2 is 1.78 bits per heavy atom. The molecule has 2 nitrogen and oxygen atoms in total. The van der Waals surface area contributed by atoms with Gasteiger partial charge in [0.15, 0.2) is 0 Å². The lowest BCUT2D eigenvalue weighted by Crippen LogP contribution is -1.87. The van der Waals surface area contributed by atoms with E-state index in [2.05, 4.69) is 30.7 Å². The van der Waals surface area contributed by atoms with Gasteiger partial charge in [0.2, 0.25) is 5.95 Å². The second-order valence-electron chi connectivity index (χ2n) is 4.01. The third kappa shape index (κ3) is 4.24. The summed E-state index contributed by atoms with van der Waals surface area (Å²) in [6.07, 6.45) is 7.19. The predicted octanol–water partition coefficient (Wildman–Crippen LogP) is 4.26. The van der Waals surface area contributed by atoms with Crippen molar-refractivity contribution < 1.29 is 4.39 Å². The number of hydrogen-bond donors (Lipinski definition) is 0. The van der Waals surface area contributed by atoms with Crippen molar-refractivity contribution in [2.75, 3.05) is 0 Å². The number of aryl methyl sites for hydroxylation is 1. The Hall–Kier alpha value is -1.77. The van der Waals surface area contributed by atoms with Gasteiger partial charge in [0.05, 0.1) is 0 Å². The van der Waals surface area contributed by atoms with Crippen LogP contribution in [-0.2, 0) is 6.42 Å². The molecule has 0 fully saturated rings. The smallest absolute Gasteiger partial charge is 0.213 e. The summed E-state index contributed by atoms with van der Waals surface area (Å²) in [7, 11) is 0. The van der Waals surface area contributed by atoms with Gasteiger partial charge in [-0.05, 0) is 29.7 Å². The summed E-state index contributed by atoms with van der Waals surface area (Å²) in [6.45, 7) is 6.31. The van der Waals surface area contributed by atoms with E-state index in [0.717, 1.165) is 23.1 Å². The van der Waals surface area contributed by atoms with Crippen molar-refractivity contribution in [3.63, 3.8) is 0 Å². The molecule has 0 N–H and O–H groups in total. The minimum absolute atomic E-state index is 0.464. The van der Waals surface area contributed by atoms with E-state index < -0.39 is 5.95 Å². The number of nitrogens with zero attached hydrogens (tertiary/aromatic N) is 2. The third-order valence-corrected chi connectivity index (χ3v) is 2.26. The number of halogens is 1. The molecule has 2 aromatic rings. The molecule has 0 atom stereocenters. The second-order valence-corrected chi connectivity index (χ2v) is 4.01. The van der Waals surface area contributed by atoms with Gasteiger partial charge in [-0.25, -0.2) is 4.98 Å². The standard InChI is InChI=1S/C12H11FN2.C3H8/c1-2-9-5-11(8-14-7-9)10-3-4-15-12(13)6-10;1-3-2/h3-8H,2H2,1H3;3H2,1-2H3. The topological polar surface area (TPSA) is 25.8 Å². The minimum Gasteiger partial charge on any atom is -0.264 e. The van der Waals surface area contributed by atoms with Crippen LogP contribution in [0.5, 0.6) is 0 Å². The van der Waals surface area contributed by atoms with Gasteiger partial charge >= 0.3 is 0 Å². The van der Waals surface area contributed by atoms with Crippen LogP contribution in [0.15, 0.2) is 36.8 Å². The Bertz CT molecular complexity index is 483. The molecule has 18 heavy (non-hydrogen) atoms. The summed E-state index contributed by atoms with van der Waals surface area (Å²) in [4.78, 5) is 7.64. The van der Waals surface area contributed by atoms with Gasteiger partial charge in [-0.15, -0.1) is 0 Å². The Morgan fingerprint density at radius 3 is 2.39 bits per heavy atom. The molecule has 0 unspecified atom stereocenters. The molecule has 3 heteroatoms. The van der Waals surface area contributed by atoms with Crippen molar-refractivity contribution in [2.45, 2.75) is 33.6 Å². The summed E-state index contributed by atoms with van der Waals surface area (Å²) in [5.74, 6) is -0.464. The molecule has 0 aliphatic carbocycles. The molecule has 96 valence electrons. The first kappa shape index (κ1) is 14.3. The van der Waals surface area contributed by atoms with E-state index in [9.17, 15) is 4.39 Å². The minimum atomic E-state index is -0.464. The zero-order chi connectivity index (χ0) is 13.4. The van der Waals surface area contributed by atoms with E-state index in [0.29, 0.717) is 0 Å². The number of pyridine rings is 2. The molecular weight excluding hydrogens is 227 g/mol. The molecule has 0 aliphatic rings. The first-order valence-electron chi connectivity index (χ1n) is 6.27. The molecule has 0 aromatic carbocycles. The van der Waals surface area contributed by atoms with Gasteiger partial charge in [-0.3, -0.25) is 4.98 Å². The molecular formula is C15H19FN2. The van der Waals surface area contributed by atoms with E-state index >= 15 is 0 Å². The lowest BCUT2D eigenvalue weighted by molar-refractivity contribution is 0.584. The van der Waals surface area contributed by atoms with Crippen LogP contribution in [0.25, 0.3) is 11.1 Å². The van der Waals surface area contributed by atoms with Crippen LogP contribution in [0, 0.1) is 5.95 Å². The maximum Gasteiger partial charge on any atom is 0.213 e. The van der Waals surface area contributed by atoms with Crippen molar-refractivity contribution in [1.29, 1.82) is 0 Å². The van der Waals surface area contributed by atoms with Crippen LogP contribution in [0.3, 0.4) is 0 Å². The molecule has 2 rings (SSSR count). The van der Waals surface area contributed by atoms with Crippen molar-refractivity contribution in [1.82, 2.24) is 9.97 Å². The highest BCUT2D eigenvalue weighted by Crippen LogP contribution is 2.19. The Labute approximate surface area is 108 Å². The van der Waals surface area contributed by atoms with Crippen LogP contribution in [-0.4, -0.2) is 9.97 Å². The summed E-state index contributed by atoms with van der Waals surface area (Å²) >= 11 is 0. The summed E-state index contributed by atoms with van der Waals surface area (Å²) < 4.78 is 12.9. The van der Waals surface area contributed by atoms with Crippen LogP contribution in [0.2, 0.25) is 0 Å². The van der Waals surface area contributed by atoms with Gasteiger partial charge in [0, 0.05) is 30.2 Å². The van der Waals surface area contributed by atoms with E-state index in [1.165, 1.54) is 18.7 Å². The molecule has 0 radical (unpaired) electrons. The largest absolute Gasteiger partial charge is 0.264 e. The van der Waals surface area contributed by atoms with Crippen molar-refractivity contribution in [3.05, 3.63) is 48.3 Å². The zero-order valence-electron chi connectivity index (χ0n) is 11.2. The molecule has 2 heterocycles. The van der Waals surface area contributed by atoms with E-state index in [1.54, 1.807) is 12.3 Å². The normalized spacial score (nSPS) is 9.56. The van der Waals surface area contributed by atoms with Crippen molar-refractivity contribution in [3.8, 4) is 11.1 Å². The molecule has 0 aliphatic heterocycles. The SMILES string of the molecule is CCC.CCc1cncc(-c2ccnc(F)c2)c1. The van der Waals surface area contributed by atoms with Gasteiger partial charge in [-0.2, -0.15) is 4.39 Å². The Kier molecular flexibility index (Phi) is 5.98. The highest BCUT2D eigenvalue weighted by Gasteiger charge is 2.00. The highest BCUT2D eigenvalue weighted by molar-refractivity contribution is 5.62. The van der Waals surface area contributed by atoms with Crippen LogP contribution in [0.4, 0.5) is 4.39 Å². The molecule has 0 amide bonds. The van der Waals surface area contributed by atoms with E-state index in [4.69, 9.17) is 0 Å². The van der Waals surface area contributed by atoms with Gasteiger partial charge in [0.1, 0.15) is 0 Å². The zero-order valence-corrected chi connectivity index (χ0v) is 11.2. The van der Waals surface area contributed by atoms with E-state index in [-0.39, 0.29) is 0 Å². The average Bonchev–Trinajstić information content (AvgIpc) is 2.40. The predicted molar refractivity (Wildman–Crippen MR) is 72.8 cm³/mol. The third-order valence-electron chi connectivity index (χ3n) is 2.26. The lowest BCUT2D eigenvalue weighted by atomic mass is 10.1. The summed E-state index contributed by atoms with van der Waals surface area (Å²) in [6, 6.07) is 5.21. The maximum absolute atomic E-state index is 12.9. The van der Waals surface area contributed by atoms with Gasteiger partial charge in [-0.1, -0.05) is 27.2 Å². The first-order chi connectivity index (χ1) is 8.71. The number of rotatable bonds is 2. The monoisotopic (exact) mass is 246 g/mol. The van der Waals surface area contributed by atoms with Gasteiger partial charge < -0.3 is 0 Å². The van der Waals surface area contributed by atoms with Crippen molar-refractivity contribution >= 4 is 0 Å². The molecule has 0 bridgehead atoms. The van der Waals surface area contributed by atoms with Crippen LogP contribution in [0.1, 0.15) is 32.8 Å². The first-order valence-corrected chi connectivity index (χ1v) is 6.27. The lowest BCUT2D eigenvalue weighted by Gasteiger charge is -2.02. The molecule has 0 saturated carbocycles. The van der Waals surface area contributed by atoms with E-state index in [1.807, 2.05) is 12.3 Å². The van der Waals surface area contributed by atoms with Crippen LogP contribution < -0.4 is 0 Å². The quantitative estimate of drug-likeness (QED) is 0.740. The Morgan fingerprint density at radius 1 is 1.06 bits per heavy atom. The fourth-order valence-corrected chi connectivity index (χ4v) is 1.42. The maximum atomic E-state index is 12.9. The molecule has 0 spiro atoms. The fraction of sp³-hybridized carbons (Fsp3) is 0.333. The highest BCUT2D eigenvalue weighted by atomic mass is 19.1. The summed E-state index contributed by atoms with van der Waals surface area (Å²) in [5.41, 5.74) is 2.88. The number of aromatic nitrogens is 2. The average molecular weight is 246 g/mol.